The first-order valence-electron chi connectivity index (χ1n) is 14.1. The molecule has 0 fully saturated rings. The predicted octanol–water partition coefficient (Wildman–Crippen LogP) is 6.21. The van der Waals surface area contributed by atoms with E-state index in [1.807, 2.05) is 24.3 Å². The molecule has 0 radical (unpaired) electrons. The molecule has 40 heavy (non-hydrogen) atoms. The van der Waals surface area contributed by atoms with Crippen LogP contribution in [0.3, 0.4) is 0 Å². The molecular weight excluding hydrogens is 502 g/mol. The molecule has 1 amide bonds. The molecule has 3 aromatic carbocycles. The van der Waals surface area contributed by atoms with Crippen LogP contribution in [-0.4, -0.2) is 42.8 Å². The normalized spacial score (nSPS) is 11.0. The summed E-state index contributed by atoms with van der Waals surface area (Å²) in [5, 5.41) is 3.04. The van der Waals surface area contributed by atoms with Crippen molar-refractivity contribution in [3.05, 3.63) is 83.2 Å². The van der Waals surface area contributed by atoms with Gasteiger partial charge in [0.2, 0.25) is 5.91 Å². The summed E-state index contributed by atoms with van der Waals surface area (Å²) in [6.07, 6.45) is 5.11. The van der Waals surface area contributed by atoms with Crippen LogP contribution < -0.4 is 19.5 Å². The molecule has 0 saturated heterocycles. The number of carbonyl (C=O) groups is 1. The third kappa shape index (κ3) is 7.56. The molecule has 7 heteroatoms. The van der Waals surface area contributed by atoms with Crippen molar-refractivity contribution in [2.24, 2.45) is 0 Å². The van der Waals surface area contributed by atoms with Crippen molar-refractivity contribution < 1.29 is 19.0 Å². The Bertz CT molecular complexity index is 1390. The molecule has 1 heterocycles. The van der Waals surface area contributed by atoms with Gasteiger partial charge in [0.15, 0.2) is 11.5 Å². The van der Waals surface area contributed by atoms with Gasteiger partial charge in [-0.2, -0.15) is 0 Å². The summed E-state index contributed by atoms with van der Waals surface area (Å²) in [4.78, 5) is 17.3. The Labute approximate surface area is 237 Å². The number of ether oxygens (including phenoxy) is 3. The SMILES string of the molecule is COc1ccc(CC(=O)NCCCCCc2nc3ccccc3n2CCCOc2c(C)cccc2C)cc1OC. The van der Waals surface area contributed by atoms with E-state index in [0.717, 1.165) is 61.3 Å². The van der Waals surface area contributed by atoms with Gasteiger partial charge in [0, 0.05) is 19.5 Å². The minimum Gasteiger partial charge on any atom is -0.493 e. The number of aromatic nitrogens is 2. The van der Waals surface area contributed by atoms with Crippen LogP contribution in [0.1, 0.15) is 48.2 Å². The van der Waals surface area contributed by atoms with Gasteiger partial charge in [-0.25, -0.2) is 4.98 Å². The third-order valence-corrected chi connectivity index (χ3v) is 7.13. The summed E-state index contributed by atoms with van der Waals surface area (Å²) in [5.74, 6) is 3.41. The Balaban J connectivity index is 1.22. The molecule has 4 rings (SSSR count). The maximum atomic E-state index is 12.4. The van der Waals surface area contributed by atoms with E-state index >= 15 is 0 Å². The van der Waals surface area contributed by atoms with Gasteiger partial charge in [-0.15, -0.1) is 0 Å². The van der Waals surface area contributed by atoms with Gasteiger partial charge in [0.25, 0.3) is 0 Å². The molecule has 0 saturated carbocycles. The first-order valence-corrected chi connectivity index (χ1v) is 14.1. The Morgan fingerprint density at radius 3 is 2.42 bits per heavy atom. The Morgan fingerprint density at radius 2 is 1.65 bits per heavy atom. The maximum Gasteiger partial charge on any atom is 0.224 e. The van der Waals surface area contributed by atoms with Crippen molar-refractivity contribution in [1.29, 1.82) is 0 Å². The van der Waals surface area contributed by atoms with Gasteiger partial charge < -0.3 is 24.1 Å². The number of hydrogen-bond donors (Lipinski definition) is 1. The number of para-hydroxylation sites is 3. The monoisotopic (exact) mass is 543 g/mol. The molecule has 0 bridgehead atoms. The van der Waals surface area contributed by atoms with Gasteiger partial charge >= 0.3 is 0 Å². The second kappa shape index (κ2) is 14.4. The number of nitrogens with zero attached hydrogens (tertiary/aromatic N) is 2. The molecule has 0 aliphatic carbocycles. The van der Waals surface area contributed by atoms with Crippen molar-refractivity contribution in [1.82, 2.24) is 14.9 Å². The number of unbranched alkanes of at least 4 members (excludes halogenated alkanes) is 2. The van der Waals surface area contributed by atoms with Crippen molar-refractivity contribution in [3.63, 3.8) is 0 Å². The summed E-state index contributed by atoms with van der Waals surface area (Å²) in [6, 6.07) is 20.1. The van der Waals surface area contributed by atoms with Crippen molar-refractivity contribution >= 4 is 16.9 Å². The smallest absolute Gasteiger partial charge is 0.224 e. The van der Waals surface area contributed by atoms with E-state index < -0.39 is 0 Å². The highest BCUT2D eigenvalue weighted by molar-refractivity contribution is 5.78. The summed E-state index contributed by atoms with van der Waals surface area (Å²) in [7, 11) is 3.20. The Kier molecular flexibility index (Phi) is 10.4. The summed E-state index contributed by atoms with van der Waals surface area (Å²) < 4.78 is 19.1. The number of imidazole rings is 1. The molecule has 212 valence electrons. The van der Waals surface area contributed by atoms with Crippen LogP contribution in [-0.2, 0) is 24.2 Å². The van der Waals surface area contributed by atoms with Crippen molar-refractivity contribution in [3.8, 4) is 17.2 Å². The quantitative estimate of drug-likeness (QED) is 0.180. The predicted molar refractivity (Wildman–Crippen MR) is 160 cm³/mol. The van der Waals surface area contributed by atoms with Crippen LogP contribution in [0.4, 0.5) is 0 Å². The molecule has 0 spiro atoms. The highest BCUT2D eigenvalue weighted by atomic mass is 16.5. The zero-order chi connectivity index (χ0) is 28.3. The first kappa shape index (κ1) is 29.0. The number of nitrogens with one attached hydrogen (secondary N) is 1. The third-order valence-electron chi connectivity index (χ3n) is 7.13. The van der Waals surface area contributed by atoms with E-state index in [4.69, 9.17) is 19.2 Å². The zero-order valence-electron chi connectivity index (χ0n) is 24.2. The van der Waals surface area contributed by atoms with Crippen LogP contribution in [0.5, 0.6) is 17.2 Å². The van der Waals surface area contributed by atoms with Crippen molar-refractivity contribution in [2.45, 2.75) is 58.9 Å². The average molecular weight is 544 g/mol. The highest BCUT2D eigenvalue weighted by Gasteiger charge is 2.12. The Morgan fingerprint density at radius 1 is 0.875 bits per heavy atom. The second-order valence-corrected chi connectivity index (χ2v) is 10.1. The number of carbonyl (C=O) groups excluding carboxylic acids is 1. The number of fused-ring (bicyclic) bond motifs is 1. The molecule has 1 aromatic heterocycles. The van der Waals surface area contributed by atoms with E-state index in [2.05, 4.69) is 60.1 Å². The van der Waals surface area contributed by atoms with E-state index in [0.29, 0.717) is 31.1 Å². The lowest BCUT2D eigenvalue weighted by atomic mass is 10.1. The van der Waals surface area contributed by atoms with E-state index in [9.17, 15) is 4.79 Å². The van der Waals surface area contributed by atoms with Crippen LogP contribution >= 0.6 is 0 Å². The highest BCUT2D eigenvalue weighted by Crippen LogP contribution is 2.28. The second-order valence-electron chi connectivity index (χ2n) is 10.1. The Hall–Kier alpha value is -4.00. The van der Waals surface area contributed by atoms with Crippen LogP contribution in [0.25, 0.3) is 11.0 Å². The zero-order valence-corrected chi connectivity index (χ0v) is 24.2. The van der Waals surface area contributed by atoms with Crippen LogP contribution in [0, 0.1) is 13.8 Å². The maximum absolute atomic E-state index is 12.4. The van der Waals surface area contributed by atoms with Gasteiger partial charge in [0.05, 0.1) is 38.3 Å². The van der Waals surface area contributed by atoms with Gasteiger partial charge in [-0.3, -0.25) is 4.79 Å². The number of rotatable bonds is 15. The lowest BCUT2D eigenvalue weighted by Crippen LogP contribution is -2.26. The summed E-state index contributed by atoms with van der Waals surface area (Å²) in [6.45, 7) is 6.38. The fraction of sp³-hybridized carbons (Fsp3) is 0.394. The molecule has 4 aromatic rings. The van der Waals surface area contributed by atoms with Crippen molar-refractivity contribution in [2.75, 3.05) is 27.4 Å². The molecule has 0 aliphatic heterocycles. The number of methoxy groups -OCH3 is 2. The number of aryl methyl sites for hydroxylation is 4. The van der Waals surface area contributed by atoms with Gasteiger partial charge in [-0.1, -0.05) is 42.8 Å². The number of benzene rings is 3. The van der Waals surface area contributed by atoms with Crippen LogP contribution in [0.2, 0.25) is 0 Å². The average Bonchev–Trinajstić information content (AvgIpc) is 3.31. The van der Waals surface area contributed by atoms with Gasteiger partial charge in [0.1, 0.15) is 11.6 Å². The summed E-state index contributed by atoms with van der Waals surface area (Å²) >= 11 is 0. The first-order chi connectivity index (χ1) is 19.5. The largest absolute Gasteiger partial charge is 0.493 e. The van der Waals surface area contributed by atoms with E-state index in [1.165, 1.54) is 16.6 Å². The summed E-state index contributed by atoms with van der Waals surface area (Å²) in [5.41, 5.74) is 5.45. The van der Waals surface area contributed by atoms with E-state index in [-0.39, 0.29) is 5.91 Å². The van der Waals surface area contributed by atoms with E-state index in [1.54, 1.807) is 14.2 Å². The minimum absolute atomic E-state index is 0.0112. The fourth-order valence-electron chi connectivity index (χ4n) is 5.04. The van der Waals surface area contributed by atoms with Crippen LogP contribution in [0.15, 0.2) is 60.7 Å². The molecule has 7 nitrogen and oxygen atoms in total. The lowest BCUT2D eigenvalue weighted by Gasteiger charge is -2.13. The fourth-order valence-corrected chi connectivity index (χ4v) is 5.04. The molecule has 1 N–H and O–H groups in total. The topological polar surface area (TPSA) is 74.6 Å². The minimum atomic E-state index is 0.0112. The molecular formula is C33H41N3O4. The molecule has 0 aliphatic rings. The molecule has 0 atom stereocenters. The number of hydrogen-bond acceptors (Lipinski definition) is 5. The van der Waals surface area contributed by atoms with Gasteiger partial charge in [-0.05, 0) is 74.1 Å². The standard InChI is InChI=1S/C33H41N3O4/c1-24-12-10-13-25(2)33(24)40-21-11-20-36-28-15-8-7-14-27(28)35-31(36)16-6-5-9-19-34-32(37)23-26-17-18-29(38-3)30(22-26)39-4/h7-8,10,12-15,17-18,22H,5-6,9,11,16,19-21,23H2,1-4H3,(H,34,37). The lowest BCUT2D eigenvalue weighted by molar-refractivity contribution is -0.120. The molecule has 0 unspecified atom stereocenters. The number of amides is 1.